The van der Waals surface area contributed by atoms with Crippen LogP contribution in [0.4, 0.5) is 0 Å². The standard InChI is InChI=1S/C18H28O4/c19-16(12-4-2-1-3-5-12)7-6-13-14-11-18(21-8-9-22-18)15(14)10-17(13)20/h6-7,12-17,19-20H,1-5,8-11H2/t13?,14-,15-,16?,17?/m0/s1. The molecule has 1 saturated heterocycles. The molecule has 1 heterocycles. The lowest BCUT2D eigenvalue weighted by atomic mass is 9.67. The van der Waals surface area contributed by atoms with E-state index in [0.29, 0.717) is 31.0 Å². The average Bonchev–Trinajstić information content (AvgIpc) is 3.12. The molecule has 22 heavy (non-hydrogen) atoms. The largest absolute Gasteiger partial charge is 0.392 e. The van der Waals surface area contributed by atoms with Crippen LogP contribution < -0.4 is 0 Å². The molecule has 5 atom stereocenters. The van der Waals surface area contributed by atoms with Crippen LogP contribution in [-0.4, -0.2) is 41.4 Å². The first-order chi connectivity index (χ1) is 10.7. The molecule has 0 aromatic rings. The molecule has 4 aliphatic rings. The molecule has 4 nitrogen and oxygen atoms in total. The maximum atomic E-state index is 10.4. The molecule has 0 aromatic carbocycles. The van der Waals surface area contributed by atoms with E-state index < -0.39 is 5.79 Å². The maximum Gasteiger partial charge on any atom is 0.171 e. The van der Waals surface area contributed by atoms with Crippen molar-refractivity contribution in [2.75, 3.05) is 13.2 Å². The van der Waals surface area contributed by atoms with E-state index in [1.807, 2.05) is 6.08 Å². The normalized spacial score (nSPS) is 42.6. The third-order valence-electron chi connectivity index (χ3n) is 6.48. The van der Waals surface area contributed by atoms with Crippen LogP contribution in [0, 0.1) is 23.7 Å². The van der Waals surface area contributed by atoms with Crippen molar-refractivity contribution < 1.29 is 19.7 Å². The van der Waals surface area contributed by atoms with Gasteiger partial charge < -0.3 is 19.7 Å². The molecule has 0 aromatic heterocycles. The SMILES string of the molecule is OC(C=CC1C(O)C[C@H]2[C@H]1CC21OCCO1)C1CCCCC1. The predicted octanol–water partition coefficient (Wildman–Crippen LogP) is 2.24. The predicted molar refractivity (Wildman–Crippen MR) is 82.1 cm³/mol. The van der Waals surface area contributed by atoms with Crippen molar-refractivity contribution in [1.29, 1.82) is 0 Å². The number of rotatable bonds is 3. The smallest absolute Gasteiger partial charge is 0.171 e. The van der Waals surface area contributed by atoms with E-state index in [1.165, 1.54) is 19.3 Å². The number of hydrogen-bond donors (Lipinski definition) is 2. The second kappa shape index (κ2) is 5.90. The number of fused-ring (bicyclic) bond motifs is 2. The highest BCUT2D eigenvalue weighted by molar-refractivity contribution is 5.14. The summed E-state index contributed by atoms with van der Waals surface area (Å²) in [6.45, 7) is 1.36. The van der Waals surface area contributed by atoms with Gasteiger partial charge in [0.1, 0.15) is 0 Å². The molecule has 0 radical (unpaired) electrons. The van der Waals surface area contributed by atoms with Crippen molar-refractivity contribution in [2.45, 2.75) is 62.9 Å². The number of aliphatic hydroxyl groups is 2. The van der Waals surface area contributed by atoms with Crippen molar-refractivity contribution in [3.63, 3.8) is 0 Å². The summed E-state index contributed by atoms with van der Waals surface area (Å²) in [5.41, 5.74) is 0. The van der Waals surface area contributed by atoms with Crippen LogP contribution in [0.15, 0.2) is 12.2 Å². The Morgan fingerprint density at radius 3 is 2.55 bits per heavy atom. The van der Waals surface area contributed by atoms with E-state index >= 15 is 0 Å². The molecule has 4 fully saturated rings. The van der Waals surface area contributed by atoms with Crippen LogP contribution in [0.1, 0.15) is 44.9 Å². The van der Waals surface area contributed by atoms with E-state index in [-0.39, 0.29) is 18.1 Å². The fraction of sp³-hybridized carbons (Fsp3) is 0.889. The second-order valence-electron chi connectivity index (χ2n) is 7.64. The van der Waals surface area contributed by atoms with E-state index in [9.17, 15) is 10.2 Å². The molecular formula is C18H28O4. The Balaban J connectivity index is 1.37. The van der Waals surface area contributed by atoms with Gasteiger partial charge in [0.15, 0.2) is 5.79 Å². The van der Waals surface area contributed by atoms with Crippen LogP contribution in [0.25, 0.3) is 0 Å². The van der Waals surface area contributed by atoms with Gasteiger partial charge in [-0.25, -0.2) is 0 Å². The molecule has 3 unspecified atom stereocenters. The van der Waals surface area contributed by atoms with E-state index in [4.69, 9.17) is 9.47 Å². The molecule has 2 N–H and O–H groups in total. The van der Waals surface area contributed by atoms with Gasteiger partial charge >= 0.3 is 0 Å². The van der Waals surface area contributed by atoms with Gasteiger partial charge in [0.2, 0.25) is 0 Å². The summed E-state index contributed by atoms with van der Waals surface area (Å²) in [6.07, 6.45) is 11.1. The first kappa shape index (κ1) is 15.1. The van der Waals surface area contributed by atoms with Gasteiger partial charge in [-0.3, -0.25) is 0 Å². The highest BCUT2D eigenvalue weighted by atomic mass is 16.7. The van der Waals surface area contributed by atoms with E-state index in [1.54, 1.807) is 0 Å². The molecule has 4 rings (SSSR count). The molecule has 0 bridgehead atoms. The van der Waals surface area contributed by atoms with Crippen LogP contribution in [0.5, 0.6) is 0 Å². The summed E-state index contributed by atoms with van der Waals surface area (Å²) < 4.78 is 11.6. The second-order valence-corrected chi connectivity index (χ2v) is 7.64. The molecule has 1 aliphatic heterocycles. The summed E-state index contributed by atoms with van der Waals surface area (Å²) in [6, 6.07) is 0. The van der Waals surface area contributed by atoms with Crippen LogP contribution in [-0.2, 0) is 9.47 Å². The molecule has 4 heteroatoms. The first-order valence-corrected chi connectivity index (χ1v) is 9.02. The molecule has 124 valence electrons. The highest BCUT2D eigenvalue weighted by Gasteiger charge is 2.64. The monoisotopic (exact) mass is 308 g/mol. The van der Waals surface area contributed by atoms with Crippen molar-refractivity contribution in [2.24, 2.45) is 23.7 Å². The van der Waals surface area contributed by atoms with Crippen molar-refractivity contribution in [1.82, 2.24) is 0 Å². The fourth-order valence-corrected chi connectivity index (χ4v) is 5.20. The van der Waals surface area contributed by atoms with E-state index in [2.05, 4.69) is 6.08 Å². The number of hydrogen-bond acceptors (Lipinski definition) is 4. The number of ether oxygens (including phenoxy) is 2. The maximum absolute atomic E-state index is 10.4. The molecule has 0 amide bonds. The summed E-state index contributed by atoms with van der Waals surface area (Å²) in [7, 11) is 0. The van der Waals surface area contributed by atoms with Gasteiger partial charge in [-0.1, -0.05) is 31.4 Å². The minimum Gasteiger partial charge on any atom is -0.392 e. The Hall–Kier alpha value is -0.420. The van der Waals surface area contributed by atoms with Crippen LogP contribution in [0.3, 0.4) is 0 Å². The van der Waals surface area contributed by atoms with E-state index in [0.717, 1.165) is 25.7 Å². The summed E-state index contributed by atoms with van der Waals surface area (Å²) in [4.78, 5) is 0. The Kier molecular flexibility index (Phi) is 4.05. The minimum atomic E-state index is -0.393. The van der Waals surface area contributed by atoms with Crippen molar-refractivity contribution in [3.05, 3.63) is 12.2 Å². The average molecular weight is 308 g/mol. The van der Waals surface area contributed by atoms with Crippen LogP contribution >= 0.6 is 0 Å². The zero-order valence-electron chi connectivity index (χ0n) is 13.2. The lowest BCUT2D eigenvalue weighted by Crippen LogP contribution is -2.53. The van der Waals surface area contributed by atoms with Gasteiger partial charge in [-0.05, 0) is 31.1 Å². The Bertz CT molecular complexity index is 423. The lowest BCUT2D eigenvalue weighted by Gasteiger charge is -2.49. The van der Waals surface area contributed by atoms with Gasteiger partial charge in [0, 0.05) is 18.3 Å². The first-order valence-electron chi connectivity index (χ1n) is 9.02. The Morgan fingerprint density at radius 2 is 1.82 bits per heavy atom. The van der Waals surface area contributed by atoms with Gasteiger partial charge in [-0.2, -0.15) is 0 Å². The van der Waals surface area contributed by atoms with Crippen LogP contribution in [0.2, 0.25) is 0 Å². The molecular weight excluding hydrogens is 280 g/mol. The van der Waals surface area contributed by atoms with Gasteiger partial charge in [0.25, 0.3) is 0 Å². The third-order valence-corrected chi connectivity index (χ3v) is 6.48. The Morgan fingerprint density at radius 1 is 1.09 bits per heavy atom. The van der Waals surface area contributed by atoms with Crippen molar-refractivity contribution in [3.8, 4) is 0 Å². The Labute approximate surface area is 132 Å². The quantitative estimate of drug-likeness (QED) is 0.785. The summed E-state index contributed by atoms with van der Waals surface area (Å²) >= 11 is 0. The minimum absolute atomic E-state index is 0.154. The highest BCUT2D eigenvalue weighted by Crippen LogP contribution is 2.60. The topological polar surface area (TPSA) is 58.9 Å². The summed E-state index contributed by atoms with van der Waals surface area (Å²) in [5, 5.41) is 20.8. The summed E-state index contributed by atoms with van der Waals surface area (Å²) in [5.74, 6) is 0.945. The molecule has 1 spiro atoms. The van der Waals surface area contributed by atoms with Gasteiger partial charge in [0.05, 0.1) is 25.4 Å². The molecule has 3 saturated carbocycles. The van der Waals surface area contributed by atoms with Gasteiger partial charge in [-0.15, -0.1) is 0 Å². The number of aliphatic hydroxyl groups excluding tert-OH is 2. The lowest BCUT2D eigenvalue weighted by molar-refractivity contribution is -0.270. The fourth-order valence-electron chi connectivity index (χ4n) is 5.20. The third kappa shape index (κ3) is 2.44. The molecule has 3 aliphatic carbocycles. The van der Waals surface area contributed by atoms with Crippen molar-refractivity contribution >= 4 is 0 Å². The zero-order chi connectivity index (χ0) is 15.2. The zero-order valence-corrected chi connectivity index (χ0v) is 13.2.